The Morgan fingerprint density at radius 3 is 2.83 bits per heavy atom. The molecule has 2 amide bonds. The van der Waals surface area contributed by atoms with Crippen LogP contribution in [-0.4, -0.2) is 47.8 Å². The maximum absolute atomic E-state index is 13.1. The quantitative estimate of drug-likeness (QED) is 0.841. The molecule has 2 aliphatic heterocycles. The van der Waals surface area contributed by atoms with Crippen LogP contribution in [-0.2, 0) is 16.0 Å². The molecular weight excluding hydrogens is 320 g/mol. The van der Waals surface area contributed by atoms with Crippen molar-refractivity contribution >= 4 is 23.2 Å². The Morgan fingerprint density at radius 2 is 2.12 bits per heavy atom. The van der Waals surface area contributed by atoms with Gasteiger partial charge in [0.25, 0.3) is 0 Å². The van der Waals surface area contributed by atoms with E-state index in [2.05, 4.69) is 4.90 Å². The predicted octanol–water partition coefficient (Wildman–Crippen LogP) is 2.93. The second-order valence-corrected chi connectivity index (χ2v) is 8.59. The summed E-state index contributed by atoms with van der Waals surface area (Å²) < 4.78 is 0. The van der Waals surface area contributed by atoms with Crippen molar-refractivity contribution in [2.45, 2.75) is 44.9 Å². The molecule has 0 aromatic carbocycles. The van der Waals surface area contributed by atoms with Crippen molar-refractivity contribution in [1.29, 1.82) is 0 Å². The number of hydrogen-bond acceptors (Lipinski definition) is 3. The van der Waals surface area contributed by atoms with Gasteiger partial charge < -0.3 is 9.80 Å². The van der Waals surface area contributed by atoms with E-state index in [0.29, 0.717) is 18.9 Å². The van der Waals surface area contributed by atoms with Gasteiger partial charge in [0.05, 0.1) is 11.8 Å². The Morgan fingerprint density at radius 1 is 1.25 bits per heavy atom. The van der Waals surface area contributed by atoms with Gasteiger partial charge in [0.2, 0.25) is 11.8 Å². The average Bonchev–Trinajstić information content (AvgIpc) is 3.18. The van der Waals surface area contributed by atoms with Crippen LogP contribution in [0.1, 0.15) is 44.1 Å². The minimum atomic E-state index is -0.285. The normalized spacial score (nSPS) is 27.8. The van der Waals surface area contributed by atoms with Crippen molar-refractivity contribution in [1.82, 2.24) is 9.80 Å². The van der Waals surface area contributed by atoms with E-state index < -0.39 is 0 Å². The van der Waals surface area contributed by atoms with Gasteiger partial charge in [-0.2, -0.15) is 11.3 Å². The molecule has 130 valence electrons. The van der Waals surface area contributed by atoms with Gasteiger partial charge in [0, 0.05) is 26.2 Å². The summed E-state index contributed by atoms with van der Waals surface area (Å²) in [5, 5.41) is 4.05. The van der Waals surface area contributed by atoms with Crippen molar-refractivity contribution in [2.24, 2.45) is 11.3 Å². The Hall–Kier alpha value is -1.36. The molecule has 4 nitrogen and oxygen atoms in total. The summed E-state index contributed by atoms with van der Waals surface area (Å²) in [6, 6.07) is 2.01. The van der Waals surface area contributed by atoms with Crippen LogP contribution in [0.5, 0.6) is 0 Å². The highest BCUT2D eigenvalue weighted by molar-refractivity contribution is 7.08. The van der Waals surface area contributed by atoms with Crippen molar-refractivity contribution in [2.75, 3.05) is 26.2 Å². The lowest BCUT2D eigenvalue weighted by molar-refractivity contribution is -0.147. The Bertz CT molecular complexity index is 611. The van der Waals surface area contributed by atoms with Crippen LogP contribution in [0.3, 0.4) is 0 Å². The Labute approximate surface area is 147 Å². The third-order valence-electron chi connectivity index (χ3n) is 6.17. The van der Waals surface area contributed by atoms with E-state index in [9.17, 15) is 9.59 Å². The smallest absolute Gasteiger partial charge is 0.230 e. The van der Waals surface area contributed by atoms with Crippen LogP contribution in [0, 0.1) is 11.3 Å². The summed E-state index contributed by atoms with van der Waals surface area (Å²) in [6.45, 7) is 3.24. The molecule has 24 heavy (non-hydrogen) atoms. The Balaban J connectivity index is 1.39. The van der Waals surface area contributed by atoms with Gasteiger partial charge >= 0.3 is 0 Å². The zero-order valence-corrected chi connectivity index (χ0v) is 15.0. The van der Waals surface area contributed by atoms with Crippen LogP contribution in [0.2, 0.25) is 0 Å². The molecule has 3 aliphatic rings. The van der Waals surface area contributed by atoms with E-state index in [1.165, 1.54) is 19.3 Å². The molecule has 1 spiro atoms. The third-order valence-corrected chi connectivity index (χ3v) is 6.90. The number of nitrogens with zero attached hydrogens (tertiary/aromatic N) is 2. The van der Waals surface area contributed by atoms with Crippen molar-refractivity contribution in [3.05, 3.63) is 22.4 Å². The average molecular weight is 346 g/mol. The van der Waals surface area contributed by atoms with E-state index in [4.69, 9.17) is 0 Å². The molecule has 0 bridgehead atoms. The number of thiophene rings is 1. The molecule has 2 saturated heterocycles. The number of carbonyl (C=O) groups excluding carboxylic acids is 2. The molecule has 3 fully saturated rings. The van der Waals surface area contributed by atoms with E-state index >= 15 is 0 Å². The molecule has 1 saturated carbocycles. The predicted molar refractivity (Wildman–Crippen MR) is 94.8 cm³/mol. The molecule has 5 heteroatoms. The van der Waals surface area contributed by atoms with Crippen LogP contribution in [0.15, 0.2) is 16.8 Å². The standard InChI is InChI=1S/C19H26N2O2S/c22-17(11-16-5-10-24-13-16)21-9-7-19(14-21)6-2-8-20(18(19)23)12-15-3-1-4-15/h5,10,13,15H,1-4,6-9,11-12,14H2/t19-/m1/s1. The molecule has 0 N–H and O–H groups in total. The van der Waals surface area contributed by atoms with Gasteiger partial charge in [-0.25, -0.2) is 0 Å². The summed E-state index contributed by atoms with van der Waals surface area (Å²) in [6.07, 6.45) is 7.24. The van der Waals surface area contributed by atoms with E-state index in [0.717, 1.165) is 50.4 Å². The molecule has 1 aliphatic carbocycles. The van der Waals surface area contributed by atoms with E-state index in [1.807, 2.05) is 21.7 Å². The summed E-state index contributed by atoms with van der Waals surface area (Å²) in [4.78, 5) is 29.7. The maximum atomic E-state index is 13.1. The first-order valence-corrected chi connectivity index (χ1v) is 10.2. The number of likely N-dealkylation sites (tertiary alicyclic amines) is 2. The highest BCUT2D eigenvalue weighted by atomic mass is 32.1. The number of rotatable bonds is 4. The summed E-state index contributed by atoms with van der Waals surface area (Å²) in [5.74, 6) is 1.22. The van der Waals surface area contributed by atoms with Crippen LogP contribution >= 0.6 is 11.3 Å². The number of carbonyl (C=O) groups is 2. The molecule has 0 radical (unpaired) electrons. The lowest BCUT2D eigenvalue weighted by Crippen LogP contribution is -2.52. The largest absolute Gasteiger partial charge is 0.342 e. The molecule has 1 aromatic rings. The first-order valence-electron chi connectivity index (χ1n) is 9.24. The van der Waals surface area contributed by atoms with Gasteiger partial charge in [0.1, 0.15) is 0 Å². The lowest BCUT2D eigenvalue weighted by Gasteiger charge is -2.42. The van der Waals surface area contributed by atoms with Gasteiger partial charge in [0.15, 0.2) is 0 Å². The maximum Gasteiger partial charge on any atom is 0.230 e. The van der Waals surface area contributed by atoms with E-state index in [-0.39, 0.29) is 11.3 Å². The van der Waals surface area contributed by atoms with Gasteiger partial charge in [-0.1, -0.05) is 6.42 Å². The number of piperidine rings is 1. The SMILES string of the molecule is O=C(Cc1ccsc1)N1CC[C@]2(CCCN(CC3CCC3)C2=O)C1. The van der Waals surface area contributed by atoms with Gasteiger partial charge in [-0.05, 0) is 60.4 Å². The van der Waals surface area contributed by atoms with Crippen LogP contribution in [0.25, 0.3) is 0 Å². The van der Waals surface area contributed by atoms with E-state index in [1.54, 1.807) is 11.3 Å². The monoisotopic (exact) mass is 346 g/mol. The summed E-state index contributed by atoms with van der Waals surface area (Å²) in [5.41, 5.74) is 0.805. The summed E-state index contributed by atoms with van der Waals surface area (Å²) in [7, 11) is 0. The molecule has 3 heterocycles. The van der Waals surface area contributed by atoms with Crippen LogP contribution in [0.4, 0.5) is 0 Å². The Kier molecular flexibility index (Phi) is 4.37. The van der Waals surface area contributed by atoms with Crippen LogP contribution < -0.4 is 0 Å². The van der Waals surface area contributed by atoms with Gasteiger partial charge in [-0.3, -0.25) is 9.59 Å². The van der Waals surface area contributed by atoms with Crippen molar-refractivity contribution < 1.29 is 9.59 Å². The fraction of sp³-hybridized carbons (Fsp3) is 0.684. The fourth-order valence-electron chi connectivity index (χ4n) is 4.46. The summed E-state index contributed by atoms with van der Waals surface area (Å²) >= 11 is 1.63. The molecule has 0 unspecified atom stereocenters. The lowest BCUT2D eigenvalue weighted by atomic mass is 9.77. The zero-order valence-electron chi connectivity index (χ0n) is 14.2. The topological polar surface area (TPSA) is 40.6 Å². The highest BCUT2D eigenvalue weighted by Crippen LogP contribution is 2.41. The first-order chi connectivity index (χ1) is 11.7. The fourth-order valence-corrected chi connectivity index (χ4v) is 5.13. The van der Waals surface area contributed by atoms with Gasteiger partial charge in [-0.15, -0.1) is 0 Å². The highest BCUT2D eigenvalue weighted by Gasteiger charge is 2.49. The number of amides is 2. The third kappa shape index (κ3) is 2.99. The molecule has 1 atom stereocenters. The molecule has 1 aromatic heterocycles. The first kappa shape index (κ1) is 16.1. The minimum absolute atomic E-state index is 0.175. The molecular formula is C19H26N2O2S. The molecule has 4 rings (SSSR count). The second kappa shape index (κ2) is 6.51. The number of hydrogen-bond donors (Lipinski definition) is 0. The minimum Gasteiger partial charge on any atom is -0.342 e. The zero-order chi connectivity index (χ0) is 16.6. The van der Waals surface area contributed by atoms with Crippen molar-refractivity contribution in [3.63, 3.8) is 0 Å². The second-order valence-electron chi connectivity index (χ2n) is 7.81. The van der Waals surface area contributed by atoms with Crippen molar-refractivity contribution in [3.8, 4) is 0 Å².